The predicted molar refractivity (Wildman–Crippen MR) is 102 cm³/mol. The first-order valence-corrected chi connectivity index (χ1v) is 8.67. The van der Waals surface area contributed by atoms with Gasteiger partial charge in [0, 0.05) is 30.1 Å². The van der Waals surface area contributed by atoms with E-state index in [1.54, 1.807) is 0 Å². The number of aryl methyl sites for hydroxylation is 1. The second-order valence-corrected chi connectivity index (χ2v) is 6.65. The van der Waals surface area contributed by atoms with Gasteiger partial charge in [-0.3, -0.25) is 4.79 Å². The van der Waals surface area contributed by atoms with Crippen molar-refractivity contribution in [3.63, 3.8) is 0 Å². The van der Waals surface area contributed by atoms with Crippen LogP contribution in [0.25, 0.3) is 10.9 Å². The molecule has 0 bridgehead atoms. The molecule has 3 aromatic rings. The van der Waals surface area contributed by atoms with Crippen LogP contribution in [0.2, 0.25) is 0 Å². The number of fused-ring (bicyclic) bond motifs is 1. The summed E-state index contributed by atoms with van der Waals surface area (Å²) < 4.78 is 0. The Morgan fingerprint density at radius 1 is 1.08 bits per heavy atom. The van der Waals surface area contributed by atoms with Crippen molar-refractivity contribution in [1.82, 2.24) is 15.2 Å². The van der Waals surface area contributed by atoms with Crippen molar-refractivity contribution in [2.75, 3.05) is 20.6 Å². The van der Waals surface area contributed by atoms with Gasteiger partial charge in [0.05, 0.1) is 6.04 Å². The summed E-state index contributed by atoms with van der Waals surface area (Å²) in [7, 11) is 4.04. The number of carbonyl (C=O) groups is 1. The summed E-state index contributed by atoms with van der Waals surface area (Å²) in [5, 5.41) is 4.38. The minimum atomic E-state index is 0.00617. The topological polar surface area (TPSA) is 48.1 Å². The van der Waals surface area contributed by atoms with Gasteiger partial charge in [-0.25, -0.2) is 0 Å². The number of likely N-dealkylation sites (N-methyl/N-ethyl adjacent to an activating group) is 1. The molecule has 25 heavy (non-hydrogen) atoms. The normalized spacial score (nSPS) is 12.4. The van der Waals surface area contributed by atoms with E-state index < -0.39 is 0 Å². The highest BCUT2D eigenvalue weighted by molar-refractivity contribution is 5.84. The van der Waals surface area contributed by atoms with Crippen LogP contribution in [0.5, 0.6) is 0 Å². The standard InChI is InChI=1S/C21H25N3O/c1-24(2)15-20(16-8-4-3-5-9-16)23-21(25)13-12-17-14-22-19-11-7-6-10-18(17)19/h3-11,14,20,22H,12-13,15H2,1-2H3,(H,23,25). The van der Waals surface area contributed by atoms with Crippen LogP contribution < -0.4 is 5.32 Å². The molecule has 130 valence electrons. The van der Waals surface area contributed by atoms with Crippen LogP contribution in [0.3, 0.4) is 0 Å². The summed E-state index contributed by atoms with van der Waals surface area (Å²) in [6.07, 6.45) is 3.23. The maximum atomic E-state index is 12.5. The SMILES string of the molecule is CN(C)CC(NC(=O)CCc1c[nH]c2ccccc12)c1ccccc1. The van der Waals surface area contributed by atoms with Crippen molar-refractivity contribution in [3.05, 3.63) is 71.9 Å². The molecular weight excluding hydrogens is 310 g/mol. The number of carbonyl (C=O) groups excluding carboxylic acids is 1. The smallest absolute Gasteiger partial charge is 0.220 e. The zero-order chi connectivity index (χ0) is 17.6. The van der Waals surface area contributed by atoms with Gasteiger partial charge in [0.1, 0.15) is 0 Å². The van der Waals surface area contributed by atoms with E-state index in [-0.39, 0.29) is 11.9 Å². The average molecular weight is 335 g/mol. The Labute approximate surface area is 148 Å². The number of nitrogens with zero attached hydrogens (tertiary/aromatic N) is 1. The Bertz CT molecular complexity index is 823. The van der Waals surface area contributed by atoms with Gasteiger partial charge in [-0.15, -0.1) is 0 Å². The van der Waals surface area contributed by atoms with Crippen LogP contribution in [0.1, 0.15) is 23.6 Å². The van der Waals surface area contributed by atoms with Crippen molar-refractivity contribution in [3.8, 4) is 0 Å². The largest absolute Gasteiger partial charge is 0.361 e. The lowest BCUT2D eigenvalue weighted by Crippen LogP contribution is -2.35. The van der Waals surface area contributed by atoms with Crippen molar-refractivity contribution in [2.45, 2.75) is 18.9 Å². The molecule has 1 heterocycles. The van der Waals surface area contributed by atoms with E-state index in [4.69, 9.17) is 0 Å². The van der Waals surface area contributed by atoms with Gasteiger partial charge in [-0.1, -0.05) is 48.5 Å². The predicted octanol–water partition coefficient (Wildman–Crippen LogP) is 3.52. The fourth-order valence-electron chi connectivity index (χ4n) is 3.14. The van der Waals surface area contributed by atoms with Crippen LogP contribution in [-0.4, -0.2) is 36.4 Å². The van der Waals surface area contributed by atoms with Crippen LogP contribution in [0, 0.1) is 0 Å². The number of para-hydroxylation sites is 1. The van der Waals surface area contributed by atoms with Crippen LogP contribution in [0.15, 0.2) is 60.8 Å². The quantitative estimate of drug-likeness (QED) is 0.694. The third-order valence-electron chi connectivity index (χ3n) is 4.38. The lowest BCUT2D eigenvalue weighted by atomic mass is 10.1. The van der Waals surface area contributed by atoms with E-state index in [0.29, 0.717) is 6.42 Å². The zero-order valence-electron chi connectivity index (χ0n) is 14.8. The van der Waals surface area contributed by atoms with E-state index in [9.17, 15) is 4.79 Å². The molecule has 4 heteroatoms. The van der Waals surface area contributed by atoms with Crippen molar-refractivity contribution < 1.29 is 4.79 Å². The second kappa shape index (κ2) is 7.99. The summed E-state index contributed by atoms with van der Waals surface area (Å²) in [5.74, 6) is 0.0842. The van der Waals surface area contributed by atoms with E-state index in [2.05, 4.69) is 39.5 Å². The fourth-order valence-corrected chi connectivity index (χ4v) is 3.14. The zero-order valence-corrected chi connectivity index (χ0v) is 14.8. The van der Waals surface area contributed by atoms with Crippen molar-refractivity contribution in [2.24, 2.45) is 0 Å². The summed E-state index contributed by atoms with van der Waals surface area (Å²) >= 11 is 0. The molecule has 1 unspecified atom stereocenters. The third kappa shape index (κ3) is 4.48. The molecule has 0 aliphatic carbocycles. The van der Waals surface area contributed by atoms with Crippen molar-refractivity contribution >= 4 is 16.8 Å². The lowest BCUT2D eigenvalue weighted by Gasteiger charge is -2.23. The molecule has 0 radical (unpaired) electrons. The van der Waals surface area contributed by atoms with E-state index in [1.807, 2.05) is 50.6 Å². The number of H-pyrrole nitrogens is 1. The maximum Gasteiger partial charge on any atom is 0.220 e. The Kier molecular flexibility index (Phi) is 5.51. The molecule has 0 aliphatic heterocycles. The highest BCUT2D eigenvalue weighted by atomic mass is 16.1. The molecule has 0 spiro atoms. The third-order valence-corrected chi connectivity index (χ3v) is 4.38. The number of hydrogen-bond donors (Lipinski definition) is 2. The Balaban J connectivity index is 1.63. The Morgan fingerprint density at radius 3 is 2.56 bits per heavy atom. The summed E-state index contributed by atoms with van der Waals surface area (Å²) in [5.41, 5.74) is 3.44. The molecule has 1 atom stereocenters. The molecule has 1 amide bonds. The number of rotatable bonds is 7. The lowest BCUT2D eigenvalue weighted by molar-refractivity contribution is -0.121. The molecule has 0 aliphatic rings. The molecule has 3 rings (SSSR count). The molecular formula is C21H25N3O. The molecule has 4 nitrogen and oxygen atoms in total. The fraction of sp³-hybridized carbons (Fsp3) is 0.286. The minimum absolute atomic E-state index is 0.00617. The first-order chi connectivity index (χ1) is 12.1. The highest BCUT2D eigenvalue weighted by Crippen LogP contribution is 2.19. The number of aromatic amines is 1. The number of aromatic nitrogens is 1. The average Bonchev–Trinajstić information content (AvgIpc) is 3.03. The number of nitrogens with one attached hydrogen (secondary N) is 2. The summed E-state index contributed by atoms with van der Waals surface area (Å²) in [4.78, 5) is 17.9. The molecule has 1 aromatic heterocycles. The van der Waals surface area contributed by atoms with Gasteiger partial charge >= 0.3 is 0 Å². The minimum Gasteiger partial charge on any atom is -0.361 e. The number of amides is 1. The molecule has 0 saturated carbocycles. The summed E-state index contributed by atoms with van der Waals surface area (Å²) in [6, 6.07) is 18.3. The number of hydrogen-bond acceptors (Lipinski definition) is 2. The van der Waals surface area contributed by atoms with Crippen LogP contribution >= 0.6 is 0 Å². The summed E-state index contributed by atoms with van der Waals surface area (Å²) in [6.45, 7) is 0.781. The second-order valence-electron chi connectivity index (χ2n) is 6.65. The van der Waals surface area contributed by atoms with Gasteiger partial charge in [-0.2, -0.15) is 0 Å². The van der Waals surface area contributed by atoms with Crippen LogP contribution in [0.4, 0.5) is 0 Å². The van der Waals surface area contributed by atoms with Gasteiger partial charge < -0.3 is 15.2 Å². The van der Waals surface area contributed by atoms with Crippen LogP contribution in [-0.2, 0) is 11.2 Å². The molecule has 0 saturated heterocycles. The molecule has 0 fully saturated rings. The van der Waals surface area contributed by atoms with Gasteiger partial charge in [-0.05, 0) is 37.7 Å². The monoisotopic (exact) mass is 335 g/mol. The number of benzene rings is 2. The Hall–Kier alpha value is -2.59. The van der Waals surface area contributed by atoms with Gasteiger partial charge in [0.15, 0.2) is 0 Å². The van der Waals surface area contributed by atoms with E-state index in [1.165, 1.54) is 10.9 Å². The van der Waals surface area contributed by atoms with Gasteiger partial charge in [0.2, 0.25) is 5.91 Å². The van der Waals surface area contributed by atoms with Gasteiger partial charge in [0.25, 0.3) is 0 Å². The highest BCUT2D eigenvalue weighted by Gasteiger charge is 2.15. The first-order valence-electron chi connectivity index (χ1n) is 8.67. The van der Waals surface area contributed by atoms with E-state index in [0.717, 1.165) is 24.0 Å². The Morgan fingerprint density at radius 2 is 1.80 bits per heavy atom. The molecule has 2 aromatic carbocycles. The van der Waals surface area contributed by atoms with Crippen molar-refractivity contribution in [1.29, 1.82) is 0 Å². The van der Waals surface area contributed by atoms with E-state index >= 15 is 0 Å². The maximum absolute atomic E-state index is 12.5. The first kappa shape index (κ1) is 17.2. The molecule has 2 N–H and O–H groups in total.